The number of nitrogen functional groups attached to an aromatic ring is 1. The highest BCUT2D eigenvalue weighted by Crippen LogP contribution is 2.26. The van der Waals surface area contributed by atoms with E-state index in [1.54, 1.807) is 24.4 Å². The fourth-order valence-electron chi connectivity index (χ4n) is 1.37. The van der Waals surface area contributed by atoms with E-state index < -0.39 is 0 Å². The third kappa shape index (κ3) is 2.23. The Kier molecular flexibility index (Phi) is 2.64. The van der Waals surface area contributed by atoms with Gasteiger partial charge in [0.05, 0.1) is 17.6 Å². The molecular formula is C12H13N3O. The zero-order chi connectivity index (χ0) is 11.5. The Morgan fingerprint density at radius 3 is 2.75 bits per heavy atom. The van der Waals surface area contributed by atoms with Crippen LogP contribution in [0, 0.1) is 6.92 Å². The number of phenols is 1. The number of nitrogens with two attached hydrogens (primary N) is 1. The van der Waals surface area contributed by atoms with E-state index in [0.717, 1.165) is 5.56 Å². The molecule has 1 aromatic heterocycles. The van der Waals surface area contributed by atoms with Gasteiger partial charge < -0.3 is 16.2 Å². The SMILES string of the molecule is Cc1ccc(O)c(Nc2ccc(N)cn2)c1. The van der Waals surface area contributed by atoms with Crippen molar-refractivity contribution in [3.63, 3.8) is 0 Å². The number of nitrogens with one attached hydrogen (secondary N) is 1. The number of nitrogens with zero attached hydrogens (tertiary/aromatic N) is 1. The highest BCUT2D eigenvalue weighted by molar-refractivity contribution is 5.65. The number of hydrogen-bond acceptors (Lipinski definition) is 4. The van der Waals surface area contributed by atoms with Gasteiger partial charge in [-0.2, -0.15) is 0 Å². The Morgan fingerprint density at radius 2 is 2.06 bits per heavy atom. The highest BCUT2D eigenvalue weighted by Gasteiger charge is 2.02. The molecule has 0 amide bonds. The van der Waals surface area contributed by atoms with Gasteiger partial charge in [0, 0.05) is 0 Å². The molecule has 0 radical (unpaired) electrons. The van der Waals surface area contributed by atoms with Crippen LogP contribution in [-0.4, -0.2) is 10.1 Å². The Balaban J connectivity index is 2.26. The number of aryl methyl sites for hydroxylation is 1. The Bertz CT molecular complexity index is 494. The second-order valence-electron chi connectivity index (χ2n) is 3.62. The molecule has 0 aliphatic carbocycles. The molecule has 0 spiro atoms. The molecule has 0 atom stereocenters. The van der Waals surface area contributed by atoms with Gasteiger partial charge in [-0.15, -0.1) is 0 Å². The zero-order valence-electron chi connectivity index (χ0n) is 8.94. The lowest BCUT2D eigenvalue weighted by Gasteiger charge is -2.08. The summed E-state index contributed by atoms with van der Waals surface area (Å²) < 4.78 is 0. The molecule has 0 saturated heterocycles. The van der Waals surface area contributed by atoms with E-state index in [4.69, 9.17) is 5.73 Å². The van der Waals surface area contributed by atoms with Gasteiger partial charge in [-0.1, -0.05) is 6.07 Å². The minimum Gasteiger partial charge on any atom is -0.506 e. The second kappa shape index (κ2) is 4.10. The van der Waals surface area contributed by atoms with Gasteiger partial charge in [0.25, 0.3) is 0 Å². The smallest absolute Gasteiger partial charge is 0.139 e. The number of aromatic hydroxyl groups is 1. The quantitative estimate of drug-likeness (QED) is 0.673. The van der Waals surface area contributed by atoms with Crippen LogP contribution in [-0.2, 0) is 0 Å². The molecule has 0 bridgehead atoms. The Morgan fingerprint density at radius 1 is 1.25 bits per heavy atom. The number of rotatable bonds is 2. The van der Waals surface area contributed by atoms with Crippen molar-refractivity contribution in [2.45, 2.75) is 6.92 Å². The van der Waals surface area contributed by atoms with E-state index in [1.165, 1.54) is 0 Å². The topological polar surface area (TPSA) is 71.2 Å². The van der Waals surface area contributed by atoms with Gasteiger partial charge in [0.15, 0.2) is 0 Å². The summed E-state index contributed by atoms with van der Waals surface area (Å²) in [5, 5.41) is 12.7. The van der Waals surface area contributed by atoms with Crippen LogP contribution in [0.5, 0.6) is 5.75 Å². The monoisotopic (exact) mass is 215 g/mol. The Hall–Kier alpha value is -2.23. The lowest BCUT2D eigenvalue weighted by molar-refractivity contribution is 0.477. The first-order valence-electron chi connectivity index (χ1n) is 4.93. The summed E-state index contributed by atoms with van der Waals surface area (Å²) in [4.78, 5) is 4.10. The summed E-state index contributed by atoms with van der Waals surface area (Å²) in [5.41, 5.74) is 7.85. The van der Waals surface area contributed by atoms with Crippen molar-refractivity contribution in [1.29, 1.82) is 0 Å². The molecule has 4 N–H and O–H groups in total. The summed E-state index contributed by atoms with van der Waals surface area (Å²) >= 11 is 0. The van der Waals surface area contributed by atoms with Gasteiger partial charge in [-0.3, -0.25) is 0 Å². The molecule has 16 heavy (non-hydrogen) atoms. The van der Waals surface area contributed by atoms with Gasteiger partial charge in [0.1, 0.15) is 11.6 Å². The average molecular weight is 215 g/mol. The lowest BCUT2D eigenvalue weighted by atomic mass is 10.2. The molecule has 0 aliphatic rings. The van der Waals surface area contributed by atoms with Crippen LogP contribution >= 0.6 is 0 Å². The molecule has 4 nitrogen and oxygen atoms in total. The standard InChI is InChI=1S/C12H13N3O/c1-8-2-4-11(16)10(6-8)15-12-5-3-9(13)7-14-12/h2-7,16H,13H2,1H3,(H,14,15). The molecule has 2 rings (SSSR count). The van der Waals surface area contributed by atoms with E-state index >= 15 is 0 Å². The maximum Gasteiger partial charge on any atom is 0.139 e. The van der Waals surface area contributed by atoms with E-state index in [2.05, 4.69) is 10.3 Å². The molecule has 82 valence electrons. The van der Waals surface area contributed by atoms with Crippen LogP contribution in [0.4, 0.5) is 17.2 Å². The van der Waals surface area contributed by atoms with Gasteiger partial charge in [-0.05, 0) is 36.8 Å². The normalized spacial score (nSPS) is 10.1. The number of aromatic nitrogens is 1. The molecule has 1 heterocycles. The van der Waals surface area contributed by atoms with Crippen molar-refractivity contribution in [3.8, 4) is 5.75 Å². The van der Waals surface area contributed by atoms with Crippen LogP contribution in [0.25, 0.3) is 0 Å². The number of anilines is 3. The van der Waals surface area contributed by atoms with Crippen molar-refractivity contribution in [2.75, 3.05) is 11.1 Å². The van der Waals surface area contributed by atoms with Gasteiger partial charge in [-0.25, -0.2) is 4.98 Å². The van der Waals surface area contributed by atoms with Crippen LogP contribution in [0.15, 0.2) is 36.5 Å². The predicted molar refractivity (Wildman–Crippen MR) is 64.8 cm³/mol. The molecule has 0 unspecified atom stereocenters. The molecule has 4 heteroatoms. The van der Waals surface area contributed by atoms with Crippen molar-refractivity contribution >= 4 is 17.2 Å². The van der Waals surface area contributed by atoms with Gasteiger partial charge >= 0.3 is 0 Å². The molecule has 0 aliphatic heterocycles. The maximum absolute atomic E-state index is 9.64. The van der Waals surface area contributed by atoms with Gasteiger partial charge in [0.2, 0.25) is 0 Å². The highest BCUT2D eigenvalue weighted by atomic mass is 16.3. The molecule has 0 saturated carbocycles. The Labute approximate surface area is 93.8 Å². The largest absolute Gasteiger partial charge is 0.506 e. The van der Waals surface area contributed by atoms with E-state index in [0.29, 0.717) is 17.2 Å². The lowest BCUT2D eigenvalue weighted by Crippen LogP contribution is -1.95. The van der Waals surface area contributed by atoms with Crippen molar-refractivity contribution in [1.82, 2.24) is 4.98 Å². The maximum atomic E-state index is 9.64. The molecule has 0 fully saturated rings. The summed E-state index contributed by atoms with van der Waals surface area (Å²) in [7, 11) is 0. The summed E-state index contributed by atoms with van der Waals surface area (Å²) in [6, 6.07) is 8.86. The fourth-order valence-corrected chi connectivity index (χ4v) is 1.37. The average Bonchev–Trinajstić information content (AvgIpc) is 2.27. The molecule has 1 aromatic carbocycles. The summed E-state index contributed by atoms with van der Waals surface area (Å²) in [6.07, 6.45) is 1.56. The number of benzene rings is 1. The first-order valence-corrected chi connectivity index (χ1v) is 4.93. The van der Waals surface area contributed by atoms with E-state index in [-0.39, 0.29) is 5.75 Å². The predicted octanol–water partition coefficient (Wildman–Crippen LogP) is 2.42. The third-order valence-corrected chi connectivity index (χ3v) is 2.20. The van der Waals surface area contributed by atoms with Crippen molar-refractivity contribution in [3.05, 3.63) is 42.1 Å². The van der Waals surface area contributed by atoms with Crippen LogP contribution in [0.3, 0.4) is 0 Å². The van der Waals surface area contributed by atoms with E-state index in [9.17, 15) is 5.11 Å². The zero-order valence-corrected chi connectivity index (χ0v) is 8.94. The van der Waals surface area contributed by atoms with Crippen molar-refractivity contribution in [2.24, 2.45) is 0 Å². The summed E-state index contributed by atoms with van der Waals surface area (Å²) in [6.45, 7) is 1.96. The minimum atomic E-state index is 0.198. The van der Waals surface area contributed by atoms with E-state index in [1.807, 2.05) is 19.1 Å². The third-order valence-electron chi connectivity index (χ3n) is 2.20. The number of phenolic OH excluding ortho intramolecular Hbond substituents is 1. The fraction of sp³-hybridized carbons (Fsp3) is 0.0833. The van der Waals surface area contributed by atoms with Crippen molar-refractivity contribution < 1.29 is 5.11 Å². The molecular weight excluding hydrogens is 202 g/mol. The van der Waals surface area contributed by atoms with Crippen LogP contribution in [0.2, 0.25) is 0 Å². The second-order valence-corrected chi connectivity index (χ2v) is 3.62. The van der Waals surface area contributed by atoms with Crippen LogP contribution < -0.4 is 11.1 Å². The number of pyridine rings is 1. The minimum absolute atomic E-state index is 0.198. The number of hydrogen-bond donors (Lipinski definition) is 3. The molecule has 2 aromatic rings. The van der Waals surface area contributed by atoms with Crippen LogP contribution in [0.1, 0.15) is 5.56 Å². The first kappa shape index (κ1) is 10.3. The summed E-state index contributed by atoms with van der Waals surface area (Å²) in [5.74, 6) is 0.847. The first-order chi connectivity index (χ1) is 7.65.